The summed E-state index contributed by atoms with van der Waals surface area (Å²) in [6.45, 7) is 0. The largest absolute Gasteiger partial charge is 0.335 e. The zero-order valence-electron chi connectivity index (χ0n) is 19.6. The number of amides is 1. The monoisotopic (exact) mass is 487 g/mol. The number of hydrogen-bond acceptors (Lipinski definition) is 7. The minimum absolute atomic E-state index is 0.0516. The number of hydrogen-bond donors (Lipinski definition) is 3. The van der Waals surface area contributed by atoms with E-state index < -0.39 is 0 Å². The van der Waals surface area contributed by atoms with Gasteiger partial charge in [-0.15, -0.1) is 0 Å². The van der Waals surface area contributed by atoms with E-state index in [-0.39, 0.29) is 11.8 Å². The Morgan fingerprint density at radius 3 is 2.62 bits per heavy atom. The standard InChI is InChI=1S/C27H21N9O/c37-27(15-3-1-4-15)31-18-9-17(11-29-12-18)20-6-7-21-24(32-20)25(36-35-21)26-33-22-14-30-13-19(23(22)34-26)16-5-2-8-28-10-16/h2,5-15H,1,3-4H2,(H,31,37)(H,33,34)(H,35,36). The van der Waals surface area contributed by atoms with E-state index >= 15 is 0 Å². The van der Waals surface area contributed by atoms with Gasteiger partial charge in [0.15, 0.2) is 11.5 Å². The maximum absolute atomic E-state index is 12.4. The molecule has 0 unspecified atom stereocenters. The summed E-state index contributed by atoms with van der Waals surface area (Å²) < 4.78 is 0. The molecule has 0 saturated heterocycles. The minimum atomic E-state index is 0.0516. The van der Waals surface area contributed by atoms with Crippen molar-refractivity contribution in [1.82, 2.24) is 40.1 Å². The number of rotatable bonds is 5. The molecule has 0 aromatic carbocycles. The summed E-state index contributed by atoms with van der Waals surface area (Å²) in [5.74, 6) is 0.740. The van der Waals surface area contributed by atoms with E-state index in [1.54, 1.807) is 37.2 Å². The molecule has 10 heteroatoms. The molecule has 1 amide bonds. The average Bonchev–Trinajstić information content (AvgIpc) is 3.52. The Hall–Kier alpha value is -4.99. The van der Waals surface area contributed by atoms with Crippen LogP contribution in [0.15, 0.2) is 67.5 Å². The van der Waals surface area contributed by atoms with E-state index in [0.717, 1.165) is 58.2 Å². The van der Waals surface area contributed by atoms with E-state index in [9.17, 15) is 4.79 Å². The molecule has 6 aromatic rings. The lowest BCUT2D eigenvalue weighted by Gasteiger charge is -2.24. The van der Waals surface area contributed by atoms with Crippen molar-refractivity contribution in [2.75, 3.05) is 5.32 Å². The number of nitrogens with zero attached hydrogens (tertiary/aromatic N) is 6. The van der Waals surface area contributed by atoms with Gasteiger partial charge in [-0.1, -0.05) is 12.5 Å². The molecule has 1 aliphatic rings. The number of fused-ring (bicyclic) bond motifs is 2. The molecule has 0 atom stereocenters. The summed E-state index contributed by atoms with van der Waals surface area (Å²) in [5, 5.41) is 10.5. The zero-order valence-corrected chi connectivity index (χ0v) is 19.6. The lowest BCUT2D eigenvalue weighted by atomic mass is 9.85. The number of carbonyl (C=O) groups is 1. The van der Waals surface area contributed by atoms with Gasteiger partial charge >= 0.3 is 0 Å². The van der Waals surface area contributed by atoms with Crippen LogP contribution >= 0.6 is 0 Å². The van der Waals surface area contributed by atoms with Crippen LogP contribution in [0.2, 0.25) is 0 Å². The second kappa shape index (κ2) is 8.59. The van der Waals surface area contributed by atoms with E-state index in [1.165, 1.54) is 0 Å². The van der Waals surface area contributed by atoms with Gasteiger partial charge in [0.2, 0.25) is 5.91 Å². The molecule has 1 saturated carbocycles. The van der Waals surface area contributed by atoms with Crippen LogP contribution in [0, 0.1) is 5.92 Å². The van der Waals surface area contributed by atoms with Crippen LogP contribution in [0.1, 0.15) is 19.3 Å². The van der Waals surface area contributed by atoms with Crippen LogP contribution in [0.25, 0.3) is 56.0 Å². The van der Waals surface area contributed by atoms with Gasteiger partial charge in [0.25, 0.3) is 0 Å². The van der Waals surface area contributed by atoms with Gasteiger partial charge in [-0.2, -0.15) is 5.10 Å². The Bertz CT molecular complexity index is 1770. The van der Waals surface area contributed by atoms with Crippen LogP contribution in [-0.2, 0) is 4.79 Å². The molecule has 10 nitrogen and oxygen atoms in total. The maximum Gasteiger partial charge on any atom is 0.227 e. The number of pyridine rings is 4. The van der Waals surface area contributed by atoms with Crippen molar-refractivity contribution in [3.8, 4) is 33.9 Å². The first-order valence-corrected chi connectivity index (χ1v) is 12.1. The fourth-order valence-corrected chi connectivity index (χ4v) is 4.57. The van der Waals surface area contributed by atoms with E-state index in [2.05, 4.69) is 35.5 Å². The highest BCUT2D eigenvalue weighted by atomic mass is 16.1. The van der Waals surface area contributed by atoms with Crippen molar-refractivity contribution in [2.24, 2.45) is 5.92 Å². The third-order valence-electron chi connectivity index (χ3n) is 6.78. The molecule has 37 heavy (non-hydrogen) atoms. The molecule has 3 N–H and O–H groups in total. The maximum atomic E-state index is 12.4. The van der Waals surface area contributed by atoms with Gasteiger partial charge in [-0.3, -0.25) is 24.8 Å². The quantitative estimate of drug-likeness (QED) is 0.319. The Morgan fingerprint density at radius 1 is 0.892 bits per heavy atom. The van der Waals surface area contributed by atoms with Gasteiger partial charge in [0.05, 0.1) is 34.8 Å². The van der Waals surface area contributed by atoms with Gasteiger partial charge < -0.3 is 10.3 Å². The van der Waals surface area contributed by atoms with Crippen LogP contribution in [0.3, 0.4) is 0 Å². The smallest absolute Gasteiger partial charge is 0.227 e. The van der Waals surface area contributed by atoms with Gasteiger partial charge in [-0.05, 0) is 37.1 Å². The first-order valence-electron chi connectivity index (χ1n) is 12.1. The normalized spacial score (nSPS) is 13.6. The molecule has 7 rings (SSSR count). The molecule has 0 aliphatic heterocycles. The van der Waals surface area contributed by atoms with E-state index in [4.69, 9.17) is 9.97 Å². The highest BCUT2D eigenvalue weighted by Crippen LogP contribution is 2.32. The third-order valence-corrected chi connectivity index (χ3v) is 6.78. The van der Waals surface area contributed by atoms with E-state index in [0.29, 0.717) is 22.7 Å². The molecular formula is C27H21N9O. The Balaban J connectivity index is 1.26. The fourth-order valence-electron chi connectivity index (χ4n) is 4.57. The molecule has 1 aliphatic carbocycles. The van der Waals surface area contributed by atoms with E-state index in [1.807, 2.05) is 30.3 Å². The number of carbonyl (C=O) groups excluding carboxylic acids is 1. The van der Waals surface area contributed by atoms with Crippen LogP contribution in [0.5, 0.6) is 0 Å². The summed E-state index contributed by atoms with van der Waals surface area (Å²) in [6, 6.07) is 9.59. The highest BCUT2D eigenvalue weighted by Gasteiger charge is 2.25. The molecule has 0 spiro atoms. The third kappa shape index (κ3) is 3.79. The van der Waals surface area contributed by atoms with Gasteiger partial charge in [-0.25, -0.2) is 9.97 Å². The van der Waals surface area contributed by atoms with Crippen molar-refractivity contribution >= 4 is 33.7 Å². The van der Waals surface area contributed by atoms with Gasteiger partial charge in [0.1, 0.15) is 11.0 Å². The van der Waals surface area contributed by atoms with Gasteiger partial charge in [0, 0.05) is 47.4 Å². The van der Waals surface area contributed by atoms with Crippen molar-refractivity contribution in [1.29, 1.82) is 0 Å². The number of aromatic nitrogens is 8. The second-order valence-corrected chi connectivity index (χ2v) is 9.15. The Morgan fingerprint density at radius 2 is 1.78 bits per heavy atom. The zero-order chi connectivity index (χ0) is 24.8. The first-order chi connectivity index (χ1) is 18.2. The summed E-state index contributed by atoms with van der Waals surface area (Å²) in [7, 11) is 0. The van der Waals surface area contributed by atoms with Crippen molar-refractivity contribution < 1.29 is 4.79 Å². The summed E-state index contributed by atoms with van der Waals surface area (Å²) in [5.41, 5.74) is 7.64. The Labute approximate surface area is 210 Å². The number of anilines is 1. The SMILES string of the molecule is O=C(Nc1cncc(-c2ccc3[nH]nc(-c4nc5c(-c6cccnc6)cncc5[nH]4)c3n2)c1)C1CCC1. The number of aromatic amines is 2. The molecule has 6 heterocycles. The number of H-pyrrole nitrogens is 2. The predicted molar refractivity (Wildman–Crippen MR) is 139 cm³/mol. The topological polar surface area (TPSA) is 138 Å². The number of imidazole rings is 1. The first kappa shape index (κ1) is 21.3. The molecule has 0 bridgehead atoms. The minimum Gasteiger partial charge on any atom is -0.335 e. The van der Waals surface area contributed by atoms with Crippen LogP contribution in [-0.4, -0.2) is 46.0 Å². The summed E-state index contributed by atoms with van der Waals surface area (Å²) in [4.78, 5) is 38.4. The fraction of sp³-hybridized carbons (Fsp3) is 0.148. The van der Waals surface area contributed by atoms with Crippen molar-refractivity contribution in [3.05, 3.63) is 67.5 Å². The lowest BCUT2D eigenvalue weighted by Crippen LogP contribution is -2.28. The average molecular weight is 488 g/mol. The molecular weight excluding hydrogens is 466 g/mol. The molecule has 1 fully saturated rings. The highest BCUT2D eigenvalue weighted by molar-refractivity contribution is 5.96. The second-order valence-electron chi connectivity index (χ2n) is 9.15. The summed E-state index contributed by atoms with van der Waals surface area (Å²) >= 11 is 0. The molecule has 180 valence electrons. The van der Waals surface area contributed by atoms with Crippen molar-refractivity contribution in [3.63, 3.8) is 0 Å². The van der Waals surface area contributed by atoms with Crippen LogP contribution in [0.4, 0.5) is 5.69 Å². The van der Waals surface area contributed by atoms with Crippen LogP contribution < -0.4 is 5.32 Å². The Kier molecular flexibility index (Phi) is 4.95. The molecule has 0 radical (unpaired) electrons. The molecule has 6 aromatic heterocycles. The summed E-state index contributed by atoms with van der Waals surface area (Å²) in [6.07, 6.45) is 13.5. The van der Waals surface area contributed by atoms with Crippen molar-refractivity contribution in [2.45, 2.75) is 19.3 Å². The lowest BCUT2D eigenvalue weighted by molar-refractivity contribution is -0.122. The number of nitrogens with one attached hydrogen (secondary N) is 3. The predicted octanol–water partition coefficient (Wildman–Crippen LogP) is 4.76.